The van der Waals surface area contributed by atoms with Crippen LogP contribution < -0.4 is 10.5 Å². The molecule has 1 aromatic rings. The third-order valence-electron chi connectivity index (χ3n) is 2.55. The van der Waals surface area contributed by atoms with Crippen LogP contribution >= 0.6 is 0 Å². The molecule has 2 unspecified atom stereocenters. The Hall–Kier alpha value is -1.20. The Labute approximate surface area is 99.2 Å². The summed E-state index contributed by atoms with van der Waals surface area (Å²) in [6.07, 6.45) is -0.713. The molecule has 0 aliphatic rings. The van der Waals surface area contributed by atoms with E-state index in [0.29, 0.717) is 0 Å². The Balaban J connectivity index is 2.80. The van der Waals surface area contributed by atoms with Crippen molar-refractivity contribution < 1.29 is 18.6 Å². The van der Waals surface area contributed by atoms with Crippen molar-refractivity contribution in [3.63, 3.8) is 0 Å². The molecule has 1 aromatic carbocycles. The number of rotatable bonds is 5. The van der Waals surface area contributed by atoms with Crippen molar-refractivity contribution in [2.24, 2.45) is 11.7 Å². The molecule has 17 heavy (non-hydrogen) atoms. The van der Waals surface area contributed by atoms with Crippen LogP contribution in [0.15, 0.2) is 18.2 Å². The van der Waals surface area contributed by atoms with Crippen molar-refractivity contribution in [3.05, 3.63) is 29.8 Å². The molecule has 3 nitrogen and oxygen atoms in total. The third kappa shape index (κ3) is 3.64. The highest BCUT2D eigenvalue weighted by atomic mass is 19.1. The average molecular weight is 245 g/mol. The summed E-state index contributed by atoms with van der Waals surface area (Å²) in [5.74, 6) is -1.51. The van der Waals surface area contributed by atoms with Gasteiger partial charge in [0.05, 0.1) is 6.61 Å². The molecule has 0 aliphatic heterocycles. The van der Waals surface area contributed by atoms with Gasteiger partial charge in [0, 0.05) is 12.1 Å². The number of nitrogens with two attached hydrogens (primary N) is 1. The fourth-order valence-corrected chi connectivity index (χ4v) is 1.40. The van der Waals surface area contributed by atoms with E-state index in [0.717, 1.165) is 12.1 Å². The summed E-state index contributed by atoms with van der Waals surface area (Å²) in [5.41, 5.74) is 5.82. The van der Waals surface area contributed by atoms with E-state index >= 15 is 0 Å². The molecule has 5 heteroatoms. The van der Waals surface area contributed by atoms with Gasteiger partial charge in [-0.15, -0.1) is 0 Å². The topological polar surface area (TPSA) is 55.5 Å². The summed E-state index contributed by atoms with van der Waals surface area (Å²) in [7, 11) is 0. The smallest absolute Gasteiger partial charge is 0.167 e. The first-order valence-corrected chi connectivity index (χ1v) is 5.44. The second-order valence-electron chi connectivity index (χ2n) is 4.23. The Morgan fingerprint density at radius 3 is 2.47 bits per heavy atom. The van der Waals surface area contributed by atoms with Gasteiger partial charge in [-0.1, -0.05) is 13.8 Å². The van der Waals surface area contributed by atoms with E-state index in [2.05, 4.69) is 0 Å². The Morgan fingerprint density at radius 2 is 2.00 bits per heavy atom. The molecule has 0 aliphatic carbocycles. The van der Waals surface area contributed by atoms with Crippen LogP contribution in [-0.4, -0.2) is 23.9 Å². The number of aliphatic hydroxyl groups excluding tert-OH is 1. The number of hydrogen-bond acceptors (Lipinski definition) is 3. The van der Waals surface area contributed by atoms with Gasteiger partial charge >= 0.3 is 0 Å². The van der Waals surface area contributed by atoms with Gasteiger partial charge in [0.1, 0.15) is 11.9 Å². The number of benzene rings is 1. The van der Waals surface area contributed by atoms with Crippen molar-refractivity contribution in [2.45, 2.75) is 26.0 Å². The molecule has 0 saturated heterocycles. The minimum atomic E-state index is -0.806. The van der Waals surface area contributed by atoms with E-state index in [1.54, 1.807) is 0 Å². The van der Waals surface area contributed by atoms with Crippen molar-refractivity contribution >= 4 is 0 Å². The standard InChI is InChI=1S/C12H17F2NO2/c1-7(2)12(15)11(6-16)17-10-4-3-8(13)5-9(10)14/h3-5,7,11-12,16H,6,15H2,1-2H3. The van der Waals surface area contributed by atoms with E-state index < -0.39 is 23.8 Å². The summed E-state index contributed by atoms with van der Waals surface area (Å²) in [6.45, 7) is 3.42. The maximum absolute atomic E-state index is 13.3. The Morgan fingerprint density at radius 1 is 1.35 bits per heavy atom. The van der Waals surface area contributed by atoms with E-state index in [-0.39, 0.29) is 18.3 Å². The zero-order valence-electron chi connectivity index (χ0n) is 9.86. The molecule has 0 amide bonds. The SMILES string of the molecule is CC(C)C(N)C(CO)Oc1ccc(F)cc1F. The molecule has 0 heterocycles. The van der Waals surface area contributed by atoms with Gasteiger partial charge in [0.15, 0.2) is 11.6 Å². The van der Waals surface area contributed by atoms with Gasteiger partial charge in [-0.2, -0.15) is 0 Å². The van der Waals surface area contributed by atoms with Gasteiger partial charge in [-0.3, -0.25) is 0 Å². The number of ether oxygens (including phenoxy) is 1. The van der Waals surface area contributed by atoms with Gasteiger partial charge in [0.2, 0.25) is 0 Å². The maximum atomic E-state index is 13.3. The molecule has 3 N–H and O–H groups in total. The zero-order valence-corrected chi connectivity index (χ0v) is 9.86. The highest BCUT2D eigenvalue weighted by molar-refractivity contribution is 5.25. The van der Waals surface area contributed by atoms with E-state index in [4.69, 9.17) is 15.6 Å². The number of hydrogen-bond donors (Lipinski definition) is 2. The molecule has 0 bridgehead atoms. The molecular weight excluding hydrogens is 228 g/mol. The summed E-state index contributed by atoms with van der Waals surface area (Å²) < 4.78 is 31.3. The summed E-state index contributed by atoms with van der Waals surface area (Å²) in [6, 6.07) is 2.57. The van der Waals surface area contributed by atoms with Crippen LogP contribution in [0.4, 0.5) is 8.78 Å². The number of aliphatic hydroxyl groups is 1. The summed E-state index contributed by atoms with van der Waals surface area (Å²) in [4.78, 5) is 0. The molecule has 2 atom stereocenters. The van der Waals surface area contributed by atoms with Crippen LogP contribution in [0.25, 0.3) is 0 Å². The summed E-state index contributed by atoms with van der Waals surface area (Å²) in [5, 5.41) is 9.15. The van der Waals surface area contributed by atoms with Crippen LogP contribution in [0.1, 0.15) is 13.8 Å². The second kappa shape index (κ2) is 5.93. The molecule has 0 fully saturated rings. The quantitative estimate of drug-likeness (QED) is 0.830. The Bertz CT molecular complexity index is 372. The van der Waals surface area contributed by atoms with Crippen LogP contribution in [0, 0.1) is 17.6 Å². The first-order valence-electron chi connectivity index (χ1n) is 5.44. The normalized spacial score (nSPS) is 14.8. The lowest BCUT2D eigenvalue weighted by molar-refractivity contribution is 0.0776. The second-order valence-corrected chi connectivity index (χ2v) is 4.23. The predicted octanol–water partition coefficient (Wildman–Crippen LogP) is 1.69. The van der Waals surface area contributed by atoms with Crippen molar-refractivity contribution in [1.29, 1.82) is 0 Å². The molecule has 0 aromatic heterocycles. The van der Waals surface area contributed by atoms with Crippen molar-refractivity contribution in [3.8, 4) is 5.75 Å². The molecule has 0 radical (unpaired) electrons. The molecule has 0 saturated carbocycles. The van der Waals surface area contributed by atoms with E-state index in [1.807, 2.05) is 13.8 Å². The maximum Gasteiger partial charge on any atom is 0.167 e. The highest BCUT2D eigenvalue weighted by Crippen LogP contribution is 2.20. The summed E-state index contributed by atoms with van der Waals surface area (Å²) >= 11 is 0. The monoisotopic (exact) mass is 245 g/mol. The van der Waals surface area contributed by atoms with Gasteiger partial charge in [-0.05, 0) is 18.1 Å². The lowest BCUT2D eigenvalue weighted by Crippen LogP contribution is -2.45. The minimum absolute atomic E-state index is 0.0793. The first kappa shape index (κ1) is 13.9. The van der Waals surface area contributed by atoms with E-state index in [1.165, 1.54) is 6.07 Å². The molecule has 1 rings (SSSR count). The van der Waals surface area contributed by atoms with Crippen LogP contribution in [0.2, 0.25) is 0 Å². The van der Waals surface area contributed by atoms with Gasteiger partial charge < -0.3 is 15.6 Å². The first-order chi connectivity index (χ1) is 7.95. The Kier molecular flexibility index (Phi) is 4.84. The fourth-order valence-electron chi connectivity index (χ4n) is 1.40. The van der Waals surface area contributed by atoms with Crippen molar-refractivity contribution in [1.82, 2.24) is 0 Å². The zero-order chi connectivity index (χ0) is 13.0. The van der Waals surface area contributed by atoms with Gasteiger partial charge in [-0.25, -0.2) is 8.78 Å². The largest absolute Gasteiger partial charge is 0.483 e. The average Bonchev–Trinajstić information content (AvgIpc) is 2.27. The van der Waals surface area contributed by atoms with Crippen molar-refractivity contribution in [2.75, 3.05) is 6.61 Å². The van der Waals surface area contributed by atoms with E-state index in [9.17, 15) is 8.78 Å². The third-order valence-corrected chi connectivity index (χ3v) is 2.55. The predicted molar refractivity (Wildman–Crippen MR) is 60.7 cm³/mol. The lowest BCUT2D eigenvalue weighted by Gasteiger charge is -2.26. The molecule has 0 spiro atoms. The lowest BCUT2D eigenvalue weighted by atomic mass is 10.00. The van der Waals surface area contributed by atoms with Crippen LogP contribution in [0.5, 0.6) is 5.75 Å². The number of halogens is 2. The molecule has 96 valence electrons. The van der Waals surface area contributed by atoms with Gasteiger partial charge in [0.25, 0.3) is 0 Å². The minimum Gasteiger partial charge on any atom is -0.483 e. The highest BCUT2D eigenvalue weighted by Gasteiger charge is 2.23. The molecular formula is C12H17F2NO2. The van der Waals surface area contributed by atoms with Crippen LogP contribution in [0.3, 0.4) is 0 Å². The fraction of sp³-hybridized carbons (Fsp3) is 0.500. The van der Waals surface area contributed by atoms with Crippen LogP contribution in [-0.2, 0) is 0 Å².